The molecule has 0 aliphatic rings. The normalized spacial score (nSPS) is 11.2. The highest BCUT2D eigenvalue weighted by Crippen LogP contribution is 2.14. The number of amides is 1. The van der Waals surface area contributed by atoms with Crippen molar-refractivity contribution in [2.75, 3.05) is 13.7 Å². The lowest BCUT2D eigenvalue weighted by molar-refractivity contribution is 0.0472. The van der Waals surface area contributed by atoms with Crippen LogP contribution in [0, 0.1) is 0 Å². The molecule has 0 atom stereocenters. The average molecular weight is 209 g/mol. The molecular weight excluding hydrogens is 194 g/mol. The maximum atomic E-state index is 11.9. The number of likely N-dealkylation sites (N-methyl/N-ethyl adjacent to an activating group) is 1. The van der Waals surface area contributed by atoms with Crippen molar-refractivity contribution in [3.8, 4) is 0 Å². The van der Waals surface area contributed by atoms with E-state index in [1.807, 2.05) is 0 Å². The van der Waals surface area contributed by atoms with E-state index in [4.69, 9.17) is 5.11 Å². The maximum absolute atomic E-state index is 11.9. The molecule has 0 aliphatic carbocycles. The first-order valence-corrected chi connectivity index (χ1v) is 4.63. The lowest BCUT2D eigenvalue weighted by atomic mass is 10.0. The van der Waals surface area contributed by atoms with Crippen LogP contribution in [0.15, 0.2) is 18.7 Å². The lowest BCUT2D eigenvalue weighted by Crippen LogP contribution is -2.47. The third-order valence-electron chi connectivity index (χ3n) is 2.41. The fourth-order valence-corrected chi connectivity index (χ4v) is 0.984. The Balaban J connectivity index is 2.87. The summed E-state index contributed by atoms with van der Waals surface area (Å²) in [6.45, 7) is 3.48. The summed E-state index contributed by atoms with van der Waals surface area (Å²) in [6, 6.07) is 0. The molecule has 0 saturated carbocycles. The zero-order valence-corrected chi connectivity index (χ0v) is 9.14. The molecule has 1 rings (SSSR count). The molecule has 0 saturated heterocycles. The molecule has 1 aromatic heterocycles. The molecule has 0 radical (unpaired) electrons. The van der Waals surface area contributed by atoms with Crippen LogP contribution in [0.3, 0.4) is 0 Å². The molecular formula is C10H15N3O2. The molecule has 0 spiro atoms. The van der Waals surface area contributed by atoms with Crippen LogP contribution in [-0.4, -0.2) is 45.1 Å². The van der Waals surface area contributed by atoms with Crippen molar-refractivity contribution in [2.45, 2.75) is 19.4 Å². The van der Waals surface area contributed by atoms with Crippen LogP contribution in [-0.2, 0) is 0 Å². The minimum atomic E-state index is -0.590. The summed E-state index contributed by atoms with van der Waals surface area (Å²) in [4.78, 5) is 20.9. The number of aliphatic hydroxyl groups excluding tert-OH is 1. The topological polar surface area (TPSA) is 66.3 Å². The Morgan fingerprint density at radius 1 is 1.47 bits per heavy atom. The number of aliphatic hydroxyl groups is 1. The van der Waals surface area contributed by atoms with E-state index < -0.39 is 5.54 Å². The van der Waals surface area contributed by atoms with Gasteiger partial charge in [-0.3, -0.25) is 4.79 Å². The quantitative estimate of drug-likeness (QED) is 0.778. The van der Waals surface area contributed by atoms with Gasteiger partial charge < -0.3 is 10.0 Å². The largest absolute Gasteiger partial charge is 0.394 e. The predicted octanol–water partition coefficient (Wildman–Crippen LogP) is 0.320. The van der Waals surface area contributed by atoms with E-state index in [1.54, 1.807) is 20.9 Å². The summed E-state index contributed by atoms with van der Waals surface area (Å²) >= 11 is 0. The minimum Gasteiger partial charge on any atom is -0.394 e. The van der Waals surface area contributed by atoms with Crippen molar-refractivity contribution >= 4 is 5.91 Å². The molecule has 15 heavy (non-hydrogen) atoms. The molecule has 1 aromatic rings. The van der Waals surface area contributed by atoms with Gasteiger partial charge in [-0.2, -0.15) is 0 Å². The Morgan fingerprint density at radius 2 is 2.00 bits per heavy atom. The van der Waals surface area contributed by atoms with E-state index in [2.05, 4.69) is 9.97 Å². The summed E-state index contributed by atoms with van der Waals surface area (Å²) < 4.78 is 0. The van der Waals surface area contributed by atoms with Crippen molar-refractivity contribution in [1.29, 1.82) is 0 Å². The van der Waals surface area contributed by atoms with Crippen molar-refractivity contribution in [1.82, 2.24) is 14.9 Å². The summed E-state index contributed by atoms with van der Waals surface area (Å²) in [7, 11) is 1.64. The van der Waals surface area contributed by atoms with Crippen molar-refractivity contribution in [3.63, 3.8) is 0 Å². The second-order valence-electron chi connectivity index (χ2n) is 3.96. The van der Waals surface area contributed by atoms with Gasteiger partial charge in [0.05, 0.1) is 17.7 Å². The van der Waals surface area contributed by atoms with Crippen LogP contribution in [0.1, 0.15) is 24.2 Å². The number of hydrogen-bond acceptors (Lipinski definition) is 4. The van der Waals surface area contributed by atoms with E-state index >= 15 is 0 Å². The van der Waals surface area contributed by atoms with Gasteiger partial charge in [0.15, 0.2) is 0 Å². The second kappa shape index (κ2) is 4.35. The van der Waals surface area contributed by atoms with Gasteiger partial charge in [0, 0.05) is 19.4 Å². The van der Waals surface area contributed by atoms with Crippen LogP contribution in [0.4, 0.5) is 0 Å². The van der Waals surface area contributed by atoms with Crippen LogP contribution in [0.25, 0.3) is 0 Å². The standard InChI is InChI=1S/C10H15N3O2/c1-10(2,6-14)13(3)9(15)8-4-11-7-12-5-8/h4-5,7,14H,6H2,1-3H3. The van der Waals surface area contributed by atoms with Gasteiger partial charge in [-0.15, -0.1) is 0 Å². The highest BCUT2D eigenvalue weighted by atomic mass is 16.3. The van der Waals surface area contributed by atoms with E-state index in [0.29, 0.717) is 5.56 Å². The number of aromatic nitrogens is 2. The first-order valence-electron chi connectivity index (χ1n) is 4.63. The highest BCUT2D eigenvalue weighted by Gasteiger charge is 2.27. The van der Waals surface area contributed by atoms with Crippen LogP contribution in [0.5, 0.6) is 0 Å². The molecule has 0 bridgehead atoms. The second-order valence-corrected chi connectivity index (χ2v) is 3.96. The Kier molecular flexibility index (Phi) is 3.36. The number of nitrogens with zero attached hydrogens (tertiary/aromatic N) is 3. The molecule has 5 heteroatoms. The number of carbonyl (C=O) groups excluding carboxylic acids is 1. The van der Waals surface area contributed by atoms with Gasteiger partial charge in [0.1, 0.15) is 6.33 Å². The molecule has 1 N–H and O–H groups in total. The van der Waals surface area contributed by atoms with Gasteiger partial charge in [-0.25, -0.2) is 9.97 Å². The minimum absolute atomic E-state index is 0.0943. The molecule has 0 unspecified atom stereocenters. The fourth-order valence-electron chi connectivity index (χ4n) is 0.984. The fraction of sp³-hybridized carbons (Fsp3) is 0.500. The number of hydrogen-bond donors (Lipinski definition) is 1. The molecule has 5 nitrogen and oxygen atoms in total. The number of carbonyl (C=O) groups is 1. The Labute approximate surface area is 88.8 Å². The molecule has 0 aliphatic heterocycles. The van der Waals surface area contributed by atoms with Crippen LogP contribution in [0.2, 0.25) is 0 Å². The smallest absolute Gasteiger partial charge is 0.257 e. The van der Waals surface area contributed by atoms with Gasteiger partial charge in [0.25, 0.3) is 5.91 Å². The SMILES string of the molecule is CN(C(=O)c1cncnc1)C(C)(C)CO. The summed E-state index contributed by atoms with van der Waals surface area (Å²) in [5.74, 6) is -0.199. The third-order valence-corrected chi connectivity index (χ3v) is 2.41. The first kappa shape index (κ1) is 11.6. The molecule has 0 fully saturated rings. The molecule has 1 heterocycles. The van der Waals surface area contributed by atoms with Crippen molar-refractivity contribution < 1.29 is 9.90 Å². The van der Waals surface area contributed by atoms with Crippen LogP contribution >= 0.6 is 0 Å². The Bertz CT molecular complexity index is 338. The van der Waals surface area contributed by atoms with Gasteiger partial charge in [-0.1, -0.05) is 0 Å². The van der Waals surface area contributed by atoms with Crippen molar-refractivity contribution in [3.05, 3.63) is 24.3 Å². The predicted molar refractivity (Wildman–Crippen MR) is 55.3 cm³/mol. The molecule has 1 amide bonds. The number of rotatable bonds is 3. The third kappa shape index (κ3) is 2.50. The highest BCUT2D eigenvalue weighted by molar-refractivity contribution is 5.93. The van der Waals surface area contributed by atoms with Gasteiger partial charge in [0.2, 0.25) is 0 Å². The zero-order valence-electron chi connectivity index (χ0n) is 9.14. The average Bonchev–Trinajstić information content (AvgIpc) is 2.28. The Hall–Kier alpha value is -1.49. The monoisotopic (exact) mass is 209 g/mol. The maximum Gasteiger partial charge on any atom is 0.257 e. The summed E-state index contributed by atoms with van der Waals surface area (Å²) in [5, 5.41) is 9.14. The summed E-state index contributed by atoms with van der Waals surface area (Å²) in [5.41, 5.74) is -0.172. The lowest BCUT2D eigenvalue weighted by Gasteiger charge is -2.33. The van der Waals surface area contributed by atoms with E-state index in [-0.39, 0.29) is 12.5 Å². The van der Waals surface area contributed by atoms with E-state index in [0.717, 1.165) is 0 Å². The summed E-state index contributed by atoms with van der Waals surface area (Å²) in [6.07, 6.45) is 4.28. The van der Waals surface area contributed by atoms with E-state index in [9.17, 15) is 4.79 Å². The Morgan fingerprint density at radius 3 is 2.47 bits per heavy atom. The van der Waals surface area contributed by atoms with Crippen molar-refractivity contribution in [2.24, 2.45) is 0 Å². The molecule has 0 aromatic carbocycles. The molecule has 82 valence electrons. The van der Waals surface area contributed by atoms with E-state index in [1.165, 1.54) is 23.6 Å². The van der Waals surface area contributed by atoms with Gasteiger partial charge in [-0.05, 0) is 13.8 Å². The first-order chi connectivity index (χ1) is 6.99. The zero-order chi connectivity index (χ0) is 11.5. The van der Waals surface area contributed by atoms with Crippen LogP contribution < -0.4 is 0 Å². The van der Waals surface area contributed by atoms with Gasteiger partial charge >= 0.3 is 0 Å².